The maximum Gasteiger partial charge on any atom is 0.359 e. The SMILES string of the molecule is Cc1ccc(S(=O)(=O)OC2=C(C(=O)OC(C)(C)C)N3C(=O)[C@H](N=[N+]=[N-])[C@H]3CC2)cc1. The van der Waals surface area contributed by atoms with E-state index < -0.39 is 39.7 Å². The highest BCUT2D eigenvalue weighted by atomic mass is 32.2. The van der Waals surface area contributed by atoms with Crippen LogP contribution in [0.15, 0.2) is 45.7 Å². The van der Waals surface area contributed by atoms with Gasteiger partial charge in [0.05, 0.1) is 6.04 Å². The molecular formula is C19H22N4O6S. The lowest BCUT2D eigenvalue weighted by Crippen LogP contribution is -2.65. The first-order chi connectivity index (χ1) is 13.9. The summed E-state index contributed by atoms with van der Waals surface area (Å²) in [6.07, 6.45) is 0.339. The summed E-state index contributed by atoms with van der Waals surface area (Å²) in [5, 5.41) is 3.47. The van der Waals surface area contributed by atoms with Crippen molar-refractivity contribution < 1.29 is 26.9 Å². The number of ether oxygens (including phenoxy) is 1. The molecule has 1 aromatic carbocycles. The Morgan fingerprint density at radius 2 is 1.90 bits per heavy atom. The lowest BCUT2D eigenvalue weighted by molar-refractivity contribution is -0.161. The van der Waals surface area contributed by atoms with E-state index in [0.717, 1.165) is 10.5 Å². The molecule has 0 unspecified atom stereocenters. The van der Waals surface area contributed by atoms with Gasteiger partial charge in [-0.2, -0.15) is 8.42 Å². The third kappa shape index (κ3) is 4.12. The molecule has 3 rings (SSSR count). The molecule has 0 saturated carbocycles. The number of aryl methyl sites for hydroxylation is 1. The molecule has 160 valence electrons. The molecule has 2 atom stereocenters. The number of carbonyl (C=O) groups is 2. The fourth-order valence-corrected chi connectivity index (χ4v) is 4.30. The average Bonchev–Trinajstić information content (AvgIpc) is 2.64. The van der Waals surface area contributed by atoms with Crippen LogP contribution in [0.3, 0.4) is 0 Å². The zero-order chi connectivity index (χ0) is 22.3. The maximum atomic E-state index is 12.8. The first kappa shape index (κ1) is 21.7. The Bertz CT molecular complexity index is 1070. The van der Waals surface area contributed by atoms with E-state index in [1.54, 1.807) is 32.9 Å². The smallest absolute Gasteiger partial charge is 0.359 e. The summed E-state index contributed by atoms with van der Waals surface area (Å²) in [7, 11) is -4.23. The van der Waals surface area contributed by atoms with Crippen molar-refractivity contribution in [2.24, 2.45) is 5.11 Å². The van der Waals surface area contributed by atoms with Crippen LogP contribution in [0.5, 0.6) is 0 Å². The first-order valence-corrected chi connectivity index (χ1v) is 10.7. The number of amides is 1. The molecule has 2 heterocycles. The van der Waals surface area contributed by atoms with Crippen LogP contribution in [0.1, 0.15) is 39.2 Å². The molecule has 0 aromatic heterocycles. The second-order valence-electron chi connectivity index (χ2n) is 8.09. The van der Waals surface area contributed by atoms with E-state index in [9.17, 15) is 18.0 Å². The van der Waals surface area contributed by atoms with Gasteiger partial charge >= 0.3 is 16.1 Å². The summed E-state index contributed by atoms with van der Waals surface area (Å²) in [4.78, 5) is 29.0. The average molecular weight is 434 g/mol. The number of benzene rings is 1. The Morgan fingerprint density at radius 3 is 2.47 bits per heavy atom. The molecule has 0 N–H and O–H groups in total. The van der Waals surface area contributed by atoms with Crippen molar-refractivity contribution in [3.63, 3.8) is 0 Å². The van der Waals surface area contributed by atoms with Gasteiger partial charge in [-0.1, -0.05) is 22.8 Å². The van der Waals surface area contributed by atoms with Crippen molar-refractivity contribution in [1.29, 1.82) is 0 Å². The van der Waals surface area contributed by atoms with Gasteiger partial charge in [0.15, 0.2) is 11.5 Å². The predicted octanol–water partition coefficient (Wildman–Crippen LogP) is 2.94. The largest absolute Gasteiger partial charge is 0.455 e. The predicted molar refractivity (Wildman–Crippen MR) is 105 cm³/mol. The highest BCUT2D eigenvalue weighted by molar-refractivity contribution is 7.86. The summed E-state index contributed by atoms with van der Waals surface area (Å²) >= 11 is 0. The number of nitrogens with zero attached hydrogens (tertiary/aromatic N) is 4. The Hall–Kier alpha value is -3.04. The fourth-order valence-electron chi connectivity index (χ4n) is 3.31. The highest BCUT2D eigenvalue weighted by Gasteiger charge is 2.54. The highest BCUT2D eigenvalue weighted by Crippen LogP contribution is 2.40. The molecule has 10 nitrogen and oxygen atoms in total. The van der Waals surface area contributed by atoms with E-state index in [1.807, 2.05) is 6.92 Å². The second kappa shape index (κ2) is 7.66. The monoisotopic (exact) mass is 434 g/mol. The first-order valence-electron chi connectivity index (χ1n) is 9.29. The molecular weight excluding hydrogens is 412 g/mol. The van der Waals surface area contributed by atoms with Crippen molar-refractivity contribution in [3.8, 4) is 0 Å². The lowest BCUT2D eigenvalue weighted by Gasteiger charge is -2.48. The van der Waals surface area contributed by atoms with Crippen LogP contribution < -0.4 is 0 Å². The summed E-state index contributed by atoms with van der Waals surface area (Å²) in [5.41, 5.74) is 8.39. The minimum atomic E-state index is -4.23. The van der Waals surface area contributed by atoms with Gasteiger partial charge in [0.25, 0.3) is 0 Å². The Labute approximate surface area is 174 Å². The molecule has 1 saturated heterocycles. The lowest BCUT2D eigenvalue weighted by atomic mass is 9.86. The molecule has 0 spiro atoms. The van der Waals surface area contributed by atoms with Crippen LogP contribution >= 0.6 is 0 Å². The summed E-state index contributed by atoms with van der Waals surface area (Å²) in [5.74, 6) is -1.66. The number of carbonyl (C=O) groups excluding carboxylic acids is 2. The van der Waals surface area contributed by atoms with Gasteiger partial charge in [-0.05, 0) is 51.8 Å². The van der Waals surface area contributed by atoms with Crippen LogP contribution in [-0.4, -0.2) is 42.9 Å². The fraction of sp³-hybridized carbons (Fsp3) is 0.474. The van der Waals surface area contributed by atoms with E-state index in [-0.39, 0.29) is 29.2 Å². The van der Waals surface area contributed by atoms with Crippen LogP contribution in [-0.2, 0) is 28.6 Å². The van der Waals surface area contributed by atoms with Gasteiger partial charge in [0.1, 0.15) is 16.5 Å². The van der Waals surface area contributed by atoms with Crippen LogP contribution in [0.4, 0.5) is 0 Å². The molecule has 1 amide bonds. The van der Waals surface area contributed by atoms with E-state index in [0.29, 0.717) is 0 Å². The summed E-state index contributed by atoms with van der Waals surface area (Å²) in [6, 6.07) is 4.56. The van der Waals surface area contributed by atoms with Gasteiger partial charge in [-0.25, -0.2) is 4.79 Å². The number of hydrogen-bond donors (Lipinski definition) is 0. The molecule has 0 aliphatic carbocycles. The van der Waals surface area contributed by atoms with Crippen molar-refractivity contribution in [1.82, 2.24) is 4.90 Å². The number of fused-ring (bicyclic) bond motifs is 1. The zero-order valence-corrected chi connectivity index (χ0v) is 17.8. The van der Waals surface area contributed by atoms with Gasteiger partial charge in [0.2, 0.25) is 5.91 Å². The third-order valence-corrected chi connectivity index (χ3v) is 5.92. The zero-order valence-electron chi connectivity index (χ0n) is 17.0. The normalized spacial score (nSPS) is 21.3. The standard InChI is InChI=1S/C19H22N4O6S/c1-11-5-7-12(8-6-11)30(26,27)29-14-10-9-13-15(21-22-20)17(24)23(13)16(14)18(25)28-19(2,3)4/h5-8,13,15H,9-10H2,1-4H3/t13-,15-/m1/s1. The Kier molecular flexibility index (Phi) is 5.53. The van der Waals surface area contributed by atoms with Crippen LogP contribution in [0.2, 0.25) is 0 Å². The van der Waals surface area contributed by atoms with Crippen molar-refractivity contribution >= 4 is 22.0 Å². The summed E-state index contributed by atoms with van der Waals surface area (Å²) in [6.45, 7) is 6.76. The van der Waals surface area contributed by atoms with Gasteiger partial charge in [0, 0.05) is 11.3 Å². The molecule has 2 aliphatic rings. The topological polar surface area (TPSA) is 139 Å². The quantitative estimate of drug-likeness (QED) is 0.174. The number of esters is 1. The van der Waals surface area contributed by atoms with Gasteiger partial charge < -0.3 is 8.92 Å². The molecule has 2 aliphatic heterocycles. The summed E-state index contributed by atoms with van der Waals surface area (Å²) < 4.78 is 36.2. The van der Waals surface area contributed by atoms with Gasteiger partial charge in [-0.3, -0.25) is 9.69 Å². The van der Waals surface area contributed by atoms with E-state index in [2.05, 4.69) is 10.0 Å². The molecule has 11 heteroatoms. The Balaban J connectivity index is 2.01. The van der Waals surface area contributed by atoms with E-state index >= 15 is 0 Å². The third-order valence-electron chi connectivity index (χ3n) is 4.65. The molecule has 0 bridgehead atoms. The Morgan fingerprint density at radius 1 is 1.27 bits per heavy atom. The van der Waals surface area contributed by atoms with Crippen molar-refractivity contribution in [3.05, 3.63) is 51.7 Å². The van der Waals surface area contributed by atoms with Crippen LogP contribution in [0.25, 0.3) is 10.4 Å². The number of allylic oxidation sites excluding steroid dienone is 1. The molecule has 30 heavy (non-hydrogen) atoms. The van der Waals surface area contributed by atoms with E-state index in [4.69, 9.17) is 14.5 Å². The van der Waals surface area contributed by atoms with E-state index in [1.165, 1.54) is 12.1 Å². The minimum absolute atomic E-state index is 0.0611. The van der Waals surface area contributed by atoms with Gasteiger partial charge in [-0.15, -0.1) is 0 Å². The minimum Gasteiger partial charge on any atom is -0.455 e. The maximum absolute atomic E-state index is 12.8. The second-order valence-corrected chi connectivity index (χ2v) is 9.63. The number of hydrogen-bond acceptors (Lipinski definition) is 7. The number of β-lactam (4-membered cyclic amide) rings is 1. The molecule has 1 fully saturated rings. The molecule has 1 aromatic rings. The van der Waals surface area contributed by atoms with Crippen molar-refractivity contribution in [2.75, 3.05) is 0 Å². The number of rotatable bonds is 5. The molecule has 0 radical (unpaired) electrons. The number of azide groups is 1. The van der Waals surface area contributed by atoms with Crippen LogP contribution in [0, 0.1) is 6.92 Å². The van der Waals surface area contributed by atoms with Crippen molar-refractivity contribution in [2.45, 2.75) is 63.1 Å².